The SMILES string of the molecule is CCC(OC)C(=O)N1C[C@H](C(=O)O)[C@H](c2ccccc2)C1. The number of amides is 1. The highest BCUT2D eigenvalue weighted by atomic mass is 16.5. The molecule has 21 heavy (non-hydrogen) atoms. The average Bonchev–Trinajstić information content (AvgIpc) is 2.94. The second-order valence-electron chi connectivity index (χ2n) is 5.34. The molecule has 1 amide bonds. The van der Waals surface area contributed by atoms with Gasteiger partial charge in [0.1, 0.15) is 6.10 Å². The normalized spacial score (nSPS) is 23.0. The van der Waals surface area contributed by atoms with Crippen molar-refractivity contribution in [2.45, 2.75) is 25.4 Å². The Kier molecular flexibility index (Phi) is 4.96. The first-order valence-electron chi connectivity index (χ1n) is 7.17. The first-order valence-corrected chi connectivity index (χ1v) is 7.17. The highest BCUT2D eigenvalue weighted by molar-refractivity contribution is 5.83. The molecule has 1 aromatic rings. The summed E-state index contributed by atoms with van der Waals surface area (Å²) in [5.41, 5.74) is 0.964. The fourth-order valence-corrected chi connectivity index (χ4v) is 2.92. The molecule has 1 unspecified atom stereocenters. The summed E-state index contributed by atoms with van der Waals surface area (Å²) >= 11 is 0. The van der Waals surface area contributed by atoms with E-state index in [0.29, 0.717) is 13.0 Å². The lowest BCUT2D eigenvalue weighted by Gasteiger charge is -2.21. The molecule has 1 saturated heterocycles. The molecule has 1 fully saturated rings. The largest absolute Gasteiger partial charge is 0.481 e. The van der Waals surface area contributed by atoms with Crippen LogP contribution in [0.25, 0.3) is 0 Å². The molecule has 0 aromatic heterocycles. The Balaban J connectivity index is 2.19. The Labute approximate surface area is 124 Å². The van der Waals surface area contributed by atoms with Gasteiger partial charge in [-0.1, -0.05) is 37.3 Å². The van der Waals surface area contributed by atoms with Crippen LogP contribution in [-0.2, 0) is 14.3 Å². The van der Waals surface area contributed by atoms with E-state index in [0.717, 1.165) is 5.56 Å². The van der Waals surface area contributed by atoms with Crippen molar-refractivity contribution >= 4 is 11.9 Å². The van der Waals surface area contributed by atoms with E-state index in [-0.39, 0.29) is 18.4 Å². The number of ether oxygens (including phenoxy) is 1. The minimum atomic E-state index is -0.857. The summed E-state index contributed by atoms with van der Waals surface area (Å²) in [4.78, 5) is 25.5. The molecule has 0 aliphatic carbocycles. The maximum absolute atomic E-state index is 12.4. The van der Waals surface area contributed by atoms with Gasteiger partial charge in [0.2, 0.25) is 0 Å². The zero-order chi connectivity index (χ0) is 15.4. The molecule has 5 heteroatoms. The smallest absolute Gasteiger partial charge is 0.308 e. The lowest BCUT2D eigenvalue weighted by Crippen LogP contribution is -2.38. The summed E-state index contributed by atoms with van der Waals surface area (Å²) in [6, 6.07) is 9.52. The molecule has 1 aliphatic rings. The quantitative estimate of drug-likeness (QED) is 0.897. The van der Waals surface area contributed by atoms with Crippen molar-refractivity contribution < 1.29 is 19.4 Å². The number of likely N-dealkylation sites (tertiary alicyclic amines) is 1. The Hall–Kier alpha value is -1.88. The van der Waals surface area contributed by atoms with Crippen LogP contribution in [0, 0.1) is 5.92 Å². The van der Waals surface area contributed by atoms with E-state index in [1.54, 1.807) is 4.90 Å². The van der Waals surface area contributed by atoms with Crippen molar-refractivity contribution in [3.8, 4) is 0 Å². The van der Waals surface area contributed by atoms with Gasteiger partial charge in [-0.25, -0.2) is 0 Å². The maximum atomic E-state index is 12.4. The van der Waals surface area contributed by atoms with E-state index >= 15 is 0 Å². The van der Waals surface area contributed by atoms with Crippen LogP contribution in [0.4, 0.5) is 0 Å². The predicted molar refractivity (Wildman–Crippen MR) is 78.0 cm³/mol. The first-order chi connectivity index (χ1) is 10.1. The van der Waals surface area contributed by atoms with Crippen LogP contribution in [0.1, 0.15) is 24.8 Å². The fraction of sp³-hybridized carbons (Fsp3) is 0.500. The molecule has 114 valence electrons. The van der Waals surface area contributed by atoms with Gasteiger partial charge in [-0.05, 0) is 12.0 Å². The van der Waals surface area contributed by atoms with Gasteiger partial charge in [-0.3, -0.25) is 9.59 Å². The van der Waals surface area contributed by atoms with Crippen molar-refractivity contribution in [3.05, 3.63) is 35.9 Å². The summed E-state index contributed by atoms with van der Waals surface area (Å²) in [5.74, 6) is -1.71. The van der Waals surface area contributed by atoms with Gasteiger partial charge in [0.05, 0.1) is 5.92 Å². The van der Waals surface area contributed by atoms with Gasteiger partial charge in [-0.2, -0.15) is 0 Å². The van der Waals surface area contributed by atoms with E-state index < -0.39 is 18.0 Å². The average molecular weight is 291 g/mol. The molecular formula is C16H21NO4. The Bertz CT molecular complexity index is 498. The molecule has 0 spiro atoms. The topological polar surface area (TPSA) is 66.8 Å². The summed E-state index contributed by atoms with van der Waals surface area (Å²) in [6.07, 6.45) is 0.0912. The molecule has 0 radical (unpaired) electrons. The molecule has 0 saturated carbocycles. The number of carbonyl (C=O) groups excluding carboxylic acids is 1. The van der Waals surface area contributed by atoms with Crippen LogP contribution >= 0.6 is 0 Å². The molecule has 1 N–H and O–H groups in total. The van der Waals surface area contributed by atoms with Gasteiger partial charge < -0.3 is 14.7 Å². The van der Waals surface area contributed by atoms with Crippen LogP contribution in [0.2, 0.25) is 0 Å². The molecule has 1 heterocycles. The zero-order valence-electron chi connectivity index (χ0n) is 12.4. The van der Waals surface area contributed by atoms with Crippen molar-refractivity contribution in [3.63, 3.8) is 0 Å². The van der Waals surface area contributed by atoms with Gasteiger partial charge in [0, 0.05) is 26.1 Å². The number of rotatable bonds is 5. The van der Waals surface area contributed by atoms with Gasteiger partial charge in [-0.15, -0.1) is 0 Å². The molecule has 0 bridgehead atoms. The van der Waals surface area contributed by atoms with Crippen LogP contribution in [0.3, 0.4) is 0 Å². The standard InChI is InChI=1S/C16H21NO4/c1-3-14(21-2)15(18)17-9-12(13(10-17)16(19)20)11-7-5-4-6-8-11/h4-8,12-14H,3,9-10H2,1-2H3,(H,19,20)/t12-,13-,14?/m0/s1. The van der Waals surface area contributed by atoms with E-state index in [2.05, 4.69) is 0 Å². The minimum Gasteiger partial charge on any atom is -0.481 e. The Morgan fingerprint density at radius 2 is 2.00 bits per heavy atom. The fourth-order valence-electron chi connectivity index (χ4n) is 2.92. The highest BCUT2D eigenvalue weighted by Crippen LogP contribution is 2.33. The van der Waals surface area contributed by atoms with Crippen molar-refractivity contribution in [2.24, 2.45) is 5.92 Å². The number of carboxylic acids is 1. The summed E-state index contributed by atoms with van der Waals surface area (Å²) < 4.78 is 5.17. The van der Waals surface area contributed by atoms with E-state index in [4.69, 9.17) is 4.74 Å². The Morgan fingerprint density at radius 1 is 1.33 bits per heavy atom. The van der Waals surface area contributed by atoms with Gasteiger partial charge >= 0.3 is 5.97 Å². The molecular weight excluding hydrogens is 270 g/mol. The number of carboxylic acid groups (broad SMARTS) is 1. The summed E-state index contributed by atoms with van der Waals surface area (Å²) in [7, 11) is 1.51. The number of methoxy groups -OCH3 is 1. The van der Waals surface area contributed by atoms with Crippen LogP contribution in [-0.4, -0.2) is 48.2 Å². The lowest BCUT2D eigenvalue weighted by molar-refractivity contribution is -0.143. The number of hydrogen-bond donors (Lipinski definition) is 1. The minimum absolute atomic E-state index is 0.121. The van der Waals surface area contributed by atoms with E-state index in [1.165, 1.54) is 7.11 Å². The maximum Gasteiger partial charge on any atom is 0.308 e. The van der Waals surface area contributed by atoms with Crippen LogP contribution in [0.5, 0.6) is 0 Å². The van der Waals surface area contributed by atoms with E-state index in [1.807, 2.05) is 37.3 Å². The Morgan fingerprint density at radius 3 is 2.52 bits per heavy atom. The molecule has 1 aromatic carbocycles. The molecule has 1 aliphatic heterocycles. The van der Waals surface area contributed by atoms with Crippen molar-refractivity contribution in [2.75, 3.05) is 20.2 Å². The number of carbonyl (C=O) groups is 2. The van der Waals surface area contributed by atoms with Gasteiger partial charge in [0.15, 0.2) is 0 Å². The molecule has 3 atom stereocenters. The van der Waals surface area contributed by atoms with Crippen molar-refractivity contribution in [1.82, 2.24) is 4.90 Å². The number of benzene rings is 1. The lowest BCUT2D eigenvalue weighted by atomic mass is 9.89. The number of nitrogens with zero attached hydrogens (tertiary/aromatic N) is 1. The van der Waals surface area contributed by atoms with Crippen LogP contribution < -0.4 is 0 Å². The first kappa shape index (κ1) is 15.5. The highest BCUT2D eigenvalue weighted by Gasteiger charge is 2.41. The van der Waals surface area contributed by atoms with Gasteiger partial charge in [0.25, 0.3) is 5.91 Å². The summed E-state index contributed by atoms with van der Waals surface area (Å²) in [6.45, 7) is 2.55. The zero-order valence-corrected chi connectivity index (χ0v) is 12.4. The number of aliphatic carboxylic acids is 1. The third kappa shape index (κ3) is 3.24. The van der Waals surface area contributed by atoms with Crippen molar-refractivity contribution in [1.29, 1.82) is 0 Å². The second-order valence-corrected chi connectivity index (χ2v) is 5.34. The third-order valence-corrected chi connectivity index (χ3v) is 4.11. The summed E-state index contributed by atoms with van der Waals surface area (Å²) in [5, 5.41) is 9.43. The predicted octanol–water partition coefficient (Wildman–Crippen LogP) is 1.74. The second kappa shape index (κ2) is 6.72. The van der Waals surface area contributed by atoms with E-state index in [9.17, 15) is 14.7 Å². The monoisotopic (exact) mass is 291 g/mol. The molecule has 2 rings (SSSR count). The molecule has 5 nitrogen and oxygen atoms in total. The van der Waals surface area contributed by atoms with Crippen LogP contribution in [0.15, 0.2) is 30.3 Å². The number of hydrogen-bond acceptors (Lipinski definition) is 3. The third-order valence-electron chi connectivity index (χ3n) is 4.11.